The fourth-order valence-corrected chi connectivity index (χ4v) is 3.84. The van der Waals surface area contributed by atoms with Crippen LogP contribution in [0.3, 0.4) is 0 Å². The monoisotopic (exact) mass is 685 g/mol. The number of benzene rings is 4. The highest BCUT2D eigenvalue weighted by molar-refractivity contribution is 5.96. The molecule has 0 fully saturated rings. The van der Waals surface area contributed by atoms with Gasteiger partial charge in [-0.3, -0.25) is 9.59 Å². The summed E-state index contributed by atoms with van der Waals surface area (Å²) in [7, 11) is 0. The number of hydrogen-bond donors (Lipinski definition) is 0. The van der Waals surface area contributed by atoms with Gasteiger partial charge in [-0.1, -0.05) is 232 Å². The van der Waals surface area contributed by atoms with E-state index in [1.165, 1.54) is 24.0 Å². The van der Waals surface area contributed by atoms with Gasteiger partial charge in [0.2, 0.25) is 0 Å². The fourth-order valence-electron chi connectivity index (χ4n) is 3.84. The Morgan fingerprint density at radius 1 is 0.380 bits per heavy atom. The van der Waals surface area contributed by atoms with E-state index in [0.29, 0.717) is 23.7 Å². The van der Waals surface area contributed by atoms with Crippen molar-refractivity contribution in [3.63, 3.8) is 0 Å². The molecule has 0 atom stereocenters. The number of carbonyl (C=O) groups is 2. The van der Waals surface area contributed by atoms with Crippen LogP contribution in [0, 0.1) is 0 Å². The van der Waals surface area contributed by atoms with Crippen molar-refractivity contribution in [2.24, 2.45) is 0 Å². The second-order valence-corrected chi connectivity index (χ2v) is 11.5. The van der Waals surface area contributed by atoms with Gasteiger partial charge in [0.1, 0.15) is 0 Å². The van der Waals surface area contributed by atoms with Crippen LogP contribution in [0.25, 0.3) is 0 Å². The Morgan fingerprint density at radius 2 is 0.580 bits per heavy atom. The molecule has 0 aromatic heterocycles. The van der Waals surface area contributed by atoms with Crippen molar-refractivity contribution in [3.8, 4) is 0 Å². The van der Waals surface area contributed by atoms with Gasteiger partial charge in [-0.25, -0.2) is 0 Å². The zero-order valence-corrected chi connectivity index (χ0v) is 35.2. The topological polar surface area (TPSA) is 34.1 Å². The van der Waals surface area contributed by atoms with Crippen molar-refractivity contribution in [2.45, 2.75) is 147 Å². The minimum absolute atomic E-state index is 0.209. The minimum Gasteiger partial charge on any atom is -0.294 e. The molecule has 0 aliphatic rings. The summed E-state index contributed by atoms with van der Waals surface area (Å²) in [5.41, 5.74) is 5.16. The Labute approximate surface area is 311 Å². The van der Waals surface area contributed by atoms with Crippen molar-refractivity contribution in [2.75, 3.05) is 0 Å². The van der Waals surface area contributed by atoms with Crippen LogP contribution in [-0.2, 0) is 10.8 Å². The highest BCUT2D eigenvalue weighted by Gasteiger charge is 2.17. The third kappa shape index (κ3) is 24.4. The molecule has 0 unspecified atom stereocenters. The van der Waals surface area contributed by atoms with Gasteiger partial charge >= 0.3 is 0 Å². The van der Waals surface area contributed by atoms with Crippen LogP contribution in [0.4, 0.5) is 0 Å². The van der Waals surface area contributed by atoms with Gasteiger partial charge in [0.25, 0.3) is 0 Å². The first-order valence-corrected chi connectivity index (χ1v) is 19.3. The van der Waals surface area contributed by atoms with Crippen LogP contribution >= 0.6 is 0 Å². The maximum Gasteiger partial charge on any atom is 0.162 e. The molecular formula is C48H76O2. The van der Waals surface area contributed by atoms with Crippen LogP contribution in [0.2, 0.25) is 0 Å². The first-order chi connectivity index (χ1) is 24.0. The number of Topliss-reactive ketones (excluding diaryl/α,β-unsaturated/α-hetero) is 2. The summed E-state index contributed by atoms with van der Waals surface area (Å²) < 4.78 is 0. The summed E-state index contributed by atoms with van der Waals surface area (Å²) >= 11 is 0. The Kier molecular flexibility index (Phi) is 37.2. The maximum absolute atomic E-state index is 11.0. The summed E-state index contributed by atoms with van der Waals surface area (Å²) in [4.78, 5) is 22.0. The summed E-state index contributed by atoms with van der Waals surface area (Å²) in [5, 5.41) is 0. The Balaban J connectivity index is -0.000000264. The summed E-state index contributed by atoms with van der Waals surface area (Å²) in [6.45, 7) is 33.3. The molecule has 4 aromatic rings. The Bertz CT molecular complexity index is 1160. The number of carbonyl (C=O) groups excluding carboxylic acids is 2. The van der Waals surface area contributed by atoms with E-state index in [4.69, 9.17) is 0 Å². The van der Waals surface area contributed by atoms with Crippen LogP contribution < -0.4 is 0 Å². The quantitative estimate of drug-likeness (QED) is 0.173. The molecule has 4 aromatic carbocycles. The molecule has 0 spiro atoms. The van der Waals surface area contributed by atoms with E-state index in [9.17, 15) is 9.59 Å². The fraction of sp³-hybridized carbons (Fsp3) is 0.458. The molecular weight excluding hydrogens is 609 g/mol. The van der Waals surface area contributed by atoms with Gasteiger partial charge in [-0.15, -0.1) is 0 Å². The molecule has 0 bridgehead atoms. The molecule has 0 N–H and O–H groups in total. The van der Waals surface area contributed by atoms with E-state index >= 15 is 0 Å². The summed E-state index contributed by atoms with van der Waals surface area (Å²) in [6.07, 6.45) is 3.56. The molecule has 50 heavy (non-hydrogen) atoms. The average molecular weight is 685 g/mol. The summed E-state index contributed by atoms with van der Waals surface area (Å²) in [6, 6.07) is 40.0. The lowest BCUT2D eigenvalue weighted by atomic mass is 9.82. The summed E-state index contributed by atoms with van der Waals surface area (Å²) in [5.74, 6) is 0.418. The maximum atomic E-state index is 11.0. The van der Waals surface area contributed by atoms with Crippen LogP contribution in [0.15, 0.2) is 121 Å². The van der Waals surface area contributed by atoms with E-state index < -0.39 is 0 Å². The largest absolute Gasteiger partial charge is 0.294 e. The van der Waals surface area contributed by atoms with Gasteiger partial charge in [0.15, 0.2) is 11.6 Å². The standard InChI is InChI=1S/2C11H16.2C9H10O.4C2H6/c2*1-4-11(2,3)10-8-6-5-7-9-10;2*1-2-9(10)8-6-4-3-5-7-8;4*1-2/h2*5-9H,4H2,1-3H3;2*3-7H,2H2,1H3;4*1-2H3. The second-order valence-electron chi connectivity index (χ2n) is 11.5. The van der Waals surface area contributed by atoms with E-state index in [2.05, 4.69) is 102 Å². The first-order valence-electron chi connectivity index (χ1n) is 19.3. The molecule has 280 valence electrons. The minimum atomic E-state index is 0.209. The normalized spacial score (nSPS) is 9.28. The van der Waals surface area contributed by atoms with E-state index in [1.54, 1.807) is 0 Å². The molecule has 0 aliphatic heterocycles. The van der Waals surface area contributed by atoms with E-state index in [0.717, 1.165) is 11.1 Å². The zero-order chi connectivity index (χ0) is 39.4. The number of hydrogen-bond acceptors (Lipinski definition) is 2. The lowest BCUT2D eigenvalue weighted by Gasteiger charge is -2.22. The second kappa shape index (κ2) is 35.1. The first kappa shape index (κ1) is 53.0. The smallest absolute Gasteiger partial charge is 0.162 e. The van der Waals surface area contributed by atoms with Crippen molar-refractivity contribution in [1.29, 1.82) is 0 Å². The van der Waals surface area contributed by atoms with Crippen molar-refractivity contribution in [3.05, 3.63) is 144 Å². The molecule has 4 rings (SSSR count). The molecule has 2 nitrogen and oxygen atoms in total. The van der Waals surface area contributed by atoms with Crippen molar-refractivity contribution >= 4 is 11.6 Å². The van der Waals surface area contributed by atoms with Gasteiger partial charge in [-0.2, -0.15) is 0 Å². The van der Waals surface area contributed by atoms with Gasteiger partial charge in [0, 0.05) is 24.0 Å². The highest BCUT2D eigenvalue weighted by Crippen LogP contribution is 2.26. The highest BCUT2D eigenvalue weighted by atomic mass is 16.1. The van der Waals surface area contributed by atoms with Crippen molar-refractivity contribution < 1.29 is 9.59 Å². The third-order valence-corrected chi connectivity index (χ3v) is 7.71. The van der Waals surface area contributed by atoms with Crippen molar-refractivity contribution in [1.82, 2.24) is 0 Å². The lowest BCUT2D eigenvalue weighted by molar-refractivity contribution is 0.0980. The van der Waals surface area contributed by atoms with Gasteiger partial charge in [-0.05, 0) is 34.8 Å². The molecule has 0 aliphatic carbocycles. The molecule has 0 saturated heterocycles. The van der Waals surface area contributed by atoms with Crippen LogP contribution in [0.1, 0.15) is 168 Å². The SMILES string of the molecule is CC.CC.CC.CC.CCC(=O)c1ccccc1.CCC(=O)c1ccccc1.CCC(C)(C)c1ccccc1.CCC(C)(C)c1ccccc1. The van der Waals surface area contributed by atoms with Crippen LogP contribution in [-0.4, -0.2) is 11.6 Å². The molecule has 0 radical (unpaired) electrons. The molecule has 0 heterocycles. The van der Waals surface area contributed by atoms with E-state index in [-0.39, 0.29) is 11.6 Å². The predicted molar refractivity (Wildman–Crippen MR) is 227 cm³/mol. The lowest BCUT2D eigenvalue weighted by Crippen LogP contribution is -2.14. The van der Waals surface area contributed by atoms with E-state index in [1.807, 2.05) is 130 Å². The van der Waals surface area contributed by atoms with Gasteiger partial charge in [0.05, 0.1) is 0 Å². The average Bonchev–Trinajstić information content (AvgIpc) is 3.22. The molecule has 2 heteroatoms. The Morgan fingerprint density at radius 3 is 0.760 bits per heavy atom. The number of rotatable bonds is 8. The van der Waals surface area contributed by atoms with Crippen LogP contribution in [0.5, 0.6) is 0 Å². The Hall–Kier alpha value is -3.78. The molecule has 0 amide bonds. The predicted octanol–water partition coefficient (Wildman–Crippen LogP) is 15.4. The third-order valence-electron chi connectivity index (χ3n) is 7.71. The number of ketones is 2. The van der Waals surface area contributed by atoms with Gasteiger partial charge < -0.3 is 0 Å². The molecule has 0 saturated carbocycles. The zero-order valence-electron chi connectivity index (χ0n) is 35.2.